The number of rotatable bonds is 4. The average molecular weight is 303 g/mol. The molecular weight excluding hydrogens is 291 g/mol. The van der Waals surface area contributed by atoms with E-state index in [2.05, 4.69) is 5.32 Å². The van der Waals surface area contributed by atoms with Gasteiger partial charge in [-0.25, -0.2) is 4.39 Å². The van der Waals surface area contributed by atoms with Crippen LogP contribution in [-0.2, 0) is 11.2 Å². The average Bonchev–Trinajstić information content (AvgIpc) is 2.48. The molecule has 0 aliphatic heterocycles. The van der Waals surface area contributed by atoms with E-state index >= 15 is 0 Å². The molecule has 0 fully saturated rings. The molecule has 0 aliphatic rings. The highest BCUT2D eigenvalue weighted by Crippen LogP contribution is 2.14. The minimum atomic E-state index is -0.801. The van der Waals surface area contributed by atoms with E-state index in [1.165, 1.54) is 24.3 Å². The van der Waals surface area contributed by atoms with Crippen molar-refractivity contribution in [1.82, 2.24) is 5.32 Å². The Kier molecular flexibility index (Phi) is 4.91. The maximum atomic E-state index is 12.9. The molecule has 0 unspecified atom stereocenters. The summed E-state index contributed by atoms with van der Waals surface area (Å²) in [7, 11) is 0. The number of carbonyl (C=O) groups excluding carboxylic acids is 1. The molecule has 2 aromatic rings. The van der Waals surface area contributed by atoms with Crippen LogP contribution in [0.15, 0.2) is 48.5 Å². The van der Waals surface area contributed by atoms with Crippen molar-refractivity contribution in [2.45, 2.75) is 12.5 Å². The second-order valence-electron chi connectivity index (χ2n) is 4.48. The van der Waals surface area contributed by atoms with Gasteiger partial charge in [-0.15, -0.1) is 0 Å². The first kappa shape index (κ1) is 15.0. The van der Waals surface area contributed by atoms with Crippen molar-refractivity contribution in [3.8, 4) is 6.07 Å². The van der Waals surface area contributed by atoms with Crippen LogP contribution in [0.2, 0.25) is 5.02 Å². The molecule has 0 radical (unpaired) electrons. The van der Waals surface area contributed by atoms with Crippen molar-refractivity contribution in [2.24, 2.45) is 0 Å². The first-order valence-electron chi connectivity index (χ1n) is 6.27. The van der Waals surface area contributed by atoms with Crippen LogP contribution in [0.3, 0.4) is 0 Å². The van der Waals surface area contributed by atoms with Gasteiger partial charge in [-0.05, 0) is 35.4 Å². The van der Waals surface area contributed by atoms with E-state index in [0.29, 0.717) is 10.6 Å². The molecule has 0 bridgehead atoms. The third kappa shape index (κ3) is 4.30. The Labute approximate surface area is 127 Å². The van der Waals surface area contributed by atoms with Gasteiger partial charge >= 0.3 is 0 Å². The van der Waals surface area contributed by atoms with Crippen molar-refractivity contribution in [2.75, 3.05) is 0 Å². The number of benzene rings is 2. The summed E-state index contributed by atoms with van der Waals surface area (Å²) in [6.45, 7) is 0. The van der Waals surface area contributed by atoms with Gasteiger partial charge in [0.05, 0.1) is 12.5 Å². The first-order valence-corrected chi connectivity index (χ1v) is 6.65. The highest BCUT2D eigenvalue weighted by atomic mass is 35.5. The highest BCUT2D eigenvalue weighted by molar-refractivity contribution is 6.30. The standard InChI is InChI=1S/C16H12ClFN2O/c17-13-5-1-11(2-6-13)9-16(21)20-15(10-19)12-3-7-14(18)8-4-12/h1-8,15H,9H2,(H,20,21)/t15-/m1/s1. The minimum Gasteiger partial charge on any atom is -0.336 e. The van der Waals surface area contributed by atoms with Crippen molar-refractivity contribution in [3.05, 3.63) is 70.5 Å². The molecule has 2 aromatic carbocycles. The quantitative estimate of drug-likeness (QED) is 0.941. The van der Waals surface area contributed by atoms with Gasteiger partial charge < -0.3 is 5.32 Å². The van der Waals surface area contributed by atoms with E-state index in [1.807, 2.05) is 6.07 Å². The summed E-state index contributed by atoms with van der Waals surface area (Å²) < 4.78 is 12.9. The van der Waals surface area contributed by atoms with E-state index < -0.39 is 6.04 Å². The summed E-state index contributed by atoms with van der Waals surface area (Å²) >= 11 is 5.77. The molecule has 106 valence electrons. The van der Waals surface area contributed by atoms with Crippen molar-refractivity contribution < 1.29 is 9.18 Å². The zero-order valence-corrected chi connectivity index (χ0v) is 11.8. The van der Waals surface area contributed by atoms with Crippen molar-refractivity contribution in [1.29, 1.82) is 5.26 Å². The van der Waals surface area contributed by atoms with Crippen LogP contribution in [0.25, 0.3) is 0 Å². The zero-order valence-electron chi connectivity index (χ0n) is 11.0. The molecule has 0 spiro atoms. The summed E-state index contributed by atoms with van der Waals surface area (Å²) in [5.41, 5.74) is 1.34. The number of carbonyl (C=O) groups is 1. The molecule has 2 rings (SSSR count). The largest absolute Gasteiger partial charge is 0.336 e. The predicted molar refractivity (Wildman–Crippen MR) is 78.1 cm³/mol. The lowest BCUT2D eigenvalue weighted by Crippen LogP contribution is -2.29. The molecule has 0 aromatic heterocycles. The fraction of sp³-hybridized carbons (Fsp3) is 0.125. The summed E-state index contributed by atoms with van der Waals surface area (Å²) in [4.78, 5) is 11.9. The van der Waals surface area contributed by atoms with Crippen LogP contribution >= 0.6 is 11.6 Å². The first-order chi connectivity index (χ1) is 10.1. The van der Waals surface area contributed by atoms with Crippen LogP contribution in [0.5, 0.6) is 0 Å². The van der Waals surface area contributed by atoms with Crippen LogP contribution in [0.4, 0.5) is 4.39 Å². The maximum absolute atomic E-state index is 12.9. The molecule has 5 heteroatoms. The fourth-order valence-electron chi connectivity index (χ4n) is 1.85. The van der Waals surface area contributed by atoms with E-state index in [1.54, 1.807) is 24.3 Å². The molecule has 1 N–H and O–H groups in total. The normalized spacial score (nSPS) is 11.5. The molecule has 1 amide bonds. The molecule has 0 saturated carbocycles. The number of hydrogen-bond donors (Lipinski definition) is 1. The van der Waals surface area contributed by atoms with Crippen LogP contribution in [0, 0.1) is 17.1 Å². The lowest BCUT2D eigenvalue weighted by atomic mass is 10.1. The Morgan fingerprint density at radius 3 is 2.38 bits per heavy atom. The number of hydrogen-bond acceptors (Lipinski definition) is 2. The Balaban J connectivity index is 2.01. The maximum Gasteiger partial charge on any atom is 0.225 e. The topological polar surface area (TPSA) is 52.9 Å². The fourth-order valence-corrected chi connectivity index (χ4v) is 1.97. The molecule has 3 nitrogen and oxygen atoms in total. The highest BCUT2D eigenvalue weighted by Gasteiger charge is 2.14. The molecule has 1 atom stereocenters. The third-order valence-corrected chi connectivity index (χ3v) is 3.17. The second kappa shape index (κ2) is 6.87. The summed E-state index contributed by atoms with van der Waals surface area (Å²) in [5.74, 6) is -0.670. The van der Waals surface area contributed by atoms with Gasteiger partial charge in [-0.2, -0.15) is 5.26 Å². The van der Waals surface area contributed by atoms with Gasteiger partial charge in [0.1, 0.15) is 11.9 Å². The summed E-state index contributed by atoms with van der Waals surface area (Å²) in [5, 5.41) is 12.3. The Bertz CT molecular complexity index is 662. The SMILES string of the molecule is N#C[C@@H](NC(=O)Cc1ccc(Cl)cc1)c1ccc(F)cc1. The lowest BCUT2D eigenvalue weighted by molar-refractivity contribution is -0.120. The van der Waals surface area contributed by atoms with Gasteiger partial charge in [-0.1, -0.05) is 35.9 Å². The molecule has 0 aliphatic carbocycles. The van der Waals surface area contributed by atoms with Gasteiger partial charge in [0, 0.05) is 5.02 Å². The van der Waals surface area contributed by atoms with E-state index in [4.69, 9.17) is 16.9 Å². The Morgan fingerprint density at radius 2 is 1.81 bits per heavy atom. The smallest absolute Gasteiger partial charge is 0.225 e. The van der Waals surface area contributed by atoms with Gasteiger partial charge in [-0.3, -0.25) is 4.79 Å². The third-order valence-electron chi connectivity index (χ3n) is 2.92. The summed E-state index contributed by atoms with van der Waals surface area (Å²) in [6.07, 6.45) is 0.149. The van der Waals surface area contributed by atoms with E-state index in [-0.39, 0.29) is 18.1 Å². The number of halogens is 2. The van der Waals surface area contributed by atoms with E-state index in [9.17, 15) is 9.18 Å². The Hall–Kier alpha value is -2.38. The lowest BCUT2D eigenvalue weighted by Gasteiger charge is -2.12. The zero-order chi connectivity index (χ0) is 15.2. The molecule has 0 saturated heterocycles. The number of nitrogens with one attached hydrogen (secondary N) is 1. The van der Waals surface area contributed by atoms with E-state index in [0.717, 1.165) is 5.56 Å². The van der Waals surface area contributed by atoms with Gasteiger partial charge in [0.15, 0.2) is 0 Å². The number of nitriles is 1. The molecule has 21 heavy (non-hydrogen) atoms. The monoisotopic (exact) mass is 302 g/mol. The van der Waals surface area contributed by atoms with Crippen molar-refractivity contribution in [3.63, 3.8) is 0 Å². The molecular formula is C16H12ClFN2O. The minimum absolute atomic E-state index is 0.149. The number of amides is 1. The van der Waals surface area contributed by atoms with Crippen LogP contribution in [0.1, 0.15) is 17.2 Å². The second-order valence-corrected chi connectivity index (χ2v) is 4.92. The summed E-state index contributed by atoms with van der Waals surface area (Å²) in [6, 6.07) is 13.6. The van der Waals surface area contributed by atoms with Gasteiger partial charge in [0.25, 0.3) is 0 Å². The number of nitrogens with zero attached hydrogens (tertiary/aromatic N) is 1. The van der Waals surface area contributed by atoms with Crippen LogP contribution in [-0.4, -0.2) is 5.91 Å². The Morgan fingerprint density at radius 1 is 1.19 bits per heavy atom. The molecule has 0 heterocycles. The van der Waals surface area contributed by atoms with Gasteiger partial charge in [0.2, 0.25) is 5.91 Å². The van der Waals surface area contributed by atoms with Crippen LogP contribution < -0.4 is 5.32 Å². The van der Waals surface area contributed by atoms with Crippen molar-refractivity contribution >= 4 is 17.5 Å². The predicted octanol–water partition coefficient (Wildman–Crippen LogP) is 3.40.